The van der Waals surface area contributed by atoms with Gasteiger partial charge in [0.05, 0.1) is 0 Å². The number of hydrogen-bond donors (Lipinski definition) is 2. The lowest BCUT2D eigenvalue weighted by atomic mass is 10.1. The van der Waals surface area contributed by atoms with Crippen LogP contribution in [0.25, 0.3) is 5.76 Å². The van der Waals surface area contributed by atoms with Crippen LogP contribution >= 0.6 is 0 Å². The minimum Gasteiger partial charge on any atom is -0.508 e. The number of hydrogen-bond acceptors (Lipinski definition) is 2. The first-order valence-corrected chi connectivity index (χ1v) is 5.39. The number of aryl methyl sites for hydroxylation is 1. The highest BCUT2D eigenvalue weighted by Crippen LogP contribution is 2.35. The first kappa shape index (κ1) is 11.6. The molecule has 0 saturated heterocycles. The van der Waals surface area contributed by atoms with E-state index in [1.165, 1.54) is 0 Å². The molecule has 0 aliphatic heterocycles. The largest absolute Gasteiger partial charge is 0.508 e. The summed E-state index contributed by atoms with van der Waals surface area (Å²) in [5, 5.41) is 19.0. The molecule has 1 aromatic carbocycles. The molecule has 1 aliphatic carbocycles. The molecule has 0 heterocycles. The Morgan fingerprint density at radius 3 is 2.20 bits per heavy atom. The lowest BCUT2D eigenvalue weighted by Gasteiger charge is -2.02. The van der Waals surface area contributed by atoms with Crippen LogP contribution in [0.5, 0.6) is 5.75 Å². The van der Waals surface area contributed by atoms with Crippen molar-refractivity contribution in [3.05, 3.63) is 34.9 Å². The van der Waals surface area contributed by atoms with Crippen molar-refractivity contribution in [3.8, 4) is 5.75 Å². The normalized spacial score (nSPS) is 12.9. The molecule has 0 atom stereocenters. The number of benzene rings is 1. The van der Waals surface area contributed by atoms with Crippen LogP contribution in [-0.4, -0.2) is 10.2 Å². The van der Waals surface area contributed by atoms with Crippen molar-refractivity contribution in [1.82, 2.24) is 0 Å². The van der Waals surface area contributed by atoms with Crippen LogP contribution in [0.15, 0.2) is 23.8 Å². The van der Waals surface area contributed by atoms with E-state index in [1.54, 1.807) is 12.1 Å². The van der Waals surface area contributed by atoms with E-state index in [9.17, 15) is 10.2 Å². The molecule has 0 unspecified atom stereocenters. The first-order chi connectivity index (χ1) is 7.16. The summed E-state index contributed by atoms with van der Waals surface area (Å²) in [6, 6.07) is 5.14. The fourth-order valence-corrected chi connectivity index (χ4v) is 1.40. The SMILES string of the molecule is CC.Cc1cc(O)cc(C(O)=C2CC2)c1. The van der Waals surface area contributed by atoms with Gasteiger partial charge < -0.3 is 10.2 Å². The molecule has 1 saturated carbocycles. The molecule has 0 aromatic heterocycles. The zero-order valence-electron chi connectivity index (χ0n) is 9.54. The zero-order chi connectivity index (χ0) is 11.4. The van der Waals surface area contributed by atoms with Crippen LogP contribution in [-0.2, 0) is 0 Å². The molecule has 0 bridgehead atoms. The van der Waals surface area contributed by atoms with E-state index in [1.807, 2.05) is 26.8 Å². The summed E-state index contributed by atoms with van der Waals surface area (Å²) in [6.45, 7) is 5.90. The third-order valence-corrected chi connectivity index (χ3v) is 2.17. The van der Waals surface area contributed by atoms with Crippen LogP contribution in [0.1, 0.15) is 37.8 Å². The average Bonchev–Trinajstić information content (AvgIpc) is 3.01. The monoisotopic (exact) mass is 206 g/mol. The van der Waals surface area contributed by atoms with E-state index in [-0.39, 0.29) is 5.75 Å². The Morgan fingerprint density at radius 2 is 1.73 bits per heavy atom. The predicted molar refractivity (Wildman–Crippen MR) is 63.0 cm³/mol. The van der Waals surface area contributed by atoms with Gasteiger partial charge in [-0.25, -0.2) is 0 Å². The summed E-state index contributed by atoms with van der Waals surface area (Å²) in [5.74, 6) is 0.557. The quantitative estimate of drug-likeness (QED) is 0.686. The number of phenolic OH excluding ortho intramolecular Hbond substituents is 1. The number of allylic oxidation sites excluding steroid dienone is 1. The molecule has 0 amide bonds. The highest BCUT2D eigenvalue weighted by molar-refractivity contribution is 5.66. The maximum atomic E-state index is 9.68. The standard InChI is InChI=1S/C11H12O2.C2H6/c1-7-4-9(6-10(12)5-7)11(13)8-2-3-8;1-2/h4-6,12-13H,2-3H2,1H3;1-2H3. The summed E-state index contributed by atoms with van der Waals surface area (Å²) in [5.41, 5.74) is 2.78. The van der Waals surface area contributed by atoms with Crippen molar-refractivity contribution in [2.45, 2.75) is 33.6 Å². The molecular formula is C13H18O2. The van der Waals surface area contributed by atoms with Crippen LogP contribution in [0.4, 0.5) is 0 Å². The molecule has 1 aliphatic rings. The minimum absolute atomic E-state index is 0.211. The highest BCUT2D eigenvalue weighted by Gasteiger charge is 2.18. The van der Waals surface area contributed by atoms with Crippen molar-refractivity contribution in [2.75, 3.05) is 0 Å². The van der Waals surface area contributed by atoms with Crippen molar-refractivity contribution < 1.29 is 10.2 Å². The molecule has 15 heavy (non-hydrogen) atoms. The van der Waals surface area contributed by atoms with Crippen molar-refractivity contribution in [2.24, 2.45) is 0 Å². The van der Waals surface area contributed by atoms with E-state index in [0.717, 1.165) is 29.5 Å². The molecule has 1 fully saturated rings. The Kier molecular flexibility index (Phi) is 3.78. The second kappa shape index (κ2) is 4.87. The topological polar surface area (TPSA) is 40.5 Å². The Morgan fingerprint density at radius 1 is 1.13 bits per heavy atom. The van der Waals surface area contributed by atoms with Crippen LogP contribution in [0.3, 0.4) is 0 Å². The molecule has 0 spiro atoms. The van der Waals surface area contributed by atoms with Gasteiger partial charge in [-0.05, 0) is 49.1 Å². The second-order valence-corrected chi connectivity index (χ2v) is 3.51. The summed E-state index contributed by atoms with van der Waals surface area (Å²) in [6.07, 6.45) is 1.97. The number of rotatable bonds is 1. The summed E-state index contributed by atoms with van der Waals surface area (Å²) in [4.78, 5) is 0. The molecule has 82 valence electrons. The van der Waals surface area contributed by atoms with E-state index >= 15 is 0 Å². The van der Waals surface area contributed by atoms with E-state index < -0.39 is 0 Å². The number of phenols is 1. The van der Waals surface area contributed by atoms with Crippen LogP contribution in [0, 0.1) is 6.92 Å². The zero-order valence-corrected chi connectivity index (χ0v) is 9.54. The Bertz CT molecular complexity index is 352. The van der Waals surface area contributed by atoms with Gasteiger partial charge in [-0.1, -0.05) is 13.8 Å². The van der Waals surface area contributed by atoms with Gasteiger partial charge in [-0.2, -0.15) is 0 Å². The lowest BCUT2D eigenvalue weighted by Crippen LogP contribution is -1.84. The van der Waals surface area contributed by atoms with Gasteiger partial charge >= 0.3 is 0 Å². The third-order valence-electron chi connectivity index (χ3n) is 2.17. The van der Waals surface area contributed by atoms with Gasteiger partial charge in [0.1, 0.15) is 11.5 Å². The molecule has 2 nitrogen and oxygen atoms in total. The Labute approximate surface area is 90.9 Å². The Balaban J connectivity index is 0.000000531. The number of aliphatic hydroxyl groups is 1. The van der Waals surface area contributed by atoms with E-state index in [2.05, 4.69) is 0 Å². The number of aromatic hydroxyl groups is 1. The van der Waals surface area contributed by atoms with Gasteiger partial charge in [0, 0.05) is 5.56 Å². The molecular weight excluding hydrogens is 188 g/mol. The smallest absolute Gasteiger partial charge is 0.122 e. The summed E-state index contributed by atoms with van der Waals surface area (Å²) >= 11 is 0. The number of aliphatic hydroxyl groups excluding tert-OH is 1. The van der Waals surface area contributed by atoms with Gasteiger partial charge in [0.25, 0.3) is 0 Å². The fraction of sp³-hybridized carbons (Fsp3) is 0.385. The molecule has 2 rings (SSSR count). The van der Waals surface area contributed by atoms with Crippen LogP contribution < -0.4 is 0 Å². The van der Waals surface area contributed by atoms with E-state index in [4.69, 9.17) is 0 Å². The summed E-state index contributed by atoms with van der Waals surface area (Å²) in [7, 11) is 0. The van der Waals surface area contributed by atoms with E-state index in [0.29, 0.717) is 5.76 Å². The van der Waals surface area contributed by atoms with Crippen molar-refractivity contribution >= 4 is 5.76 Å². The maximum absolute atomic E-state index is 9.68. The molecule has 1 aromatic rings. The predicted octanol–water partition coefficient (Wildman–Crippen LogP) is 3.79. The van der Waals surface area contributed by atoms with Gasteiger partial charge in [0.15, 0.2) is 0 Å². The minimum atomic E-state index is 0.211. The summed E-state index contributed by atoms with van der Waals surface area (Å²) < 4.78 is 0. The average molecular weight is 206 g/mol. The van der Waals surface area contributed by atoms with Gasteiger partial charge in [-0.15, -0.1) is 0 Å². The fourth-order valence-electron chi connectivity index (χ4n) is 1.40. The van der Waals surface area contributed by atoms with Crippen molar-refractivity contribution in [1.29, 1.82) is 0 Å². The molecule has 2 N–H and O–H groups in total. The maximum Gasteiger partial charge on any atom is 0.122 e. The van der Waals surface area contributed by atoms with Crippen molar-refractivity contribution in [3.63, 3.8) is 0 Å². The lowest BCUT2D eigenvalue weighted by molar-refractivity contribution is 0.472. The van der Waals surface area contributed by atoms with Gasteiger partial charge in [0.2, 0.25) is 0 Å². The van der Waals surface area contributed by atoms with Crippen LogP contribution in [0.2, 0.25) is 0 Å². The molecule has 0 radical (unpaired) electrons. The third kappa shape index (κ3) is 3.01. The molecule has 2 heteroatoms. The first-order valence-electron chi connectivity index (χ1n) is 5.39. The Hall–Kier alpha value is -1.44. The second-order valence-electron chi connectivity index (χ2n) is 3.51. The van der Waals surface area contributed by atoms with Gasteiger partial charge in [-0.3, -0.25) is 0 Å². The highest BCUT2D eigenvalue weighted by atomic mass is 16.3.